The fraction of sp³-hybridized carbons (Fsp3) is 0.917. The Balaban J connectivity index is 2.29. The number of hydrogen-bond donors (Lipinski definition) is 1. The quantitative estimate of drug-likeness (QED) is 0.727. The van der Waals surface area contributed by atoms with Crippen LogP contribution in [0.15, 0.2) is 0 Å². The summed E-state index contributed by atoms with van der Waals surface area (Å²) in [5.74, 6) is 0.437. The maximum absolute atomic E-state index is 11.0. The predicted molar refractivity (Wildman–Crippen MR) is 60.3 cm³/mol. The summed E-state index contributed by atoms with van der Waals surface area (Å²) in [6.07, 6.45) is 4.86. The molecule has 2 unspecified atom stereocenters. The lowest BCUT2D eigenvalue weighted by molar-refractivity contribution is -0.140. The van der Waals surface area contributed by atoms with E-state index in [1.165, 1.54) is 26.4 Å². The molecule has 0 aromatic rings. The zero-order valence-electron chi connectivity index (χ0n) is 10.1. The van der Waals surface area contributed by atoms with Crippen molar-refractivity contribution in [2.45, 2.75) is 52.0 Å². The Labute approximate surface area is 92.4 Å². The first-order valence-electron chi connectivity index (χ1n) is 5.77. The molecular weight excluding hydrogens is 190 g/mol. The number of esters is 1. The predicted octanol–water partition coefficient (Wildman–Crippen LogP) is 2.09. The van der Waals surface area contributed by atoms with Gasteiger partial charge in [-0.3, -0.25) is 4.79 Å². The first-order chi connectivity index (χ1) is 6.94. The molecule has 0 radical (unpaired) electrons. The van der Waals surface area contributed by atoms with Crippen LogP contribution in [0.2, 0.25) is 0 Å². The molecule has 2 atom stereocenters. The molecule has 0 amide bonds. The molecule has 1 aliphatic rings. The molecule has 0 heterocycles. The van der Waals surface area contributed by atoms with Crippen LogP contribution in [0.1, 0.15) is 46.0 Å². The highest BCUT2D eigenvalue weighted by Gasteiger charge is 2.33. The fourth-order valence-corrected chi connectivity index (χ4v) is 2.48. The highest BCUT2D eigenvalue weighted by atomic mass is 16.5. The van der Waals surface area contributed by atoms with Crippen molar-refractivity contribution in [1.82, 2.24) is 0 Å². The van der Waals surface area contributed by atoms with Crippen molar-refractivity contribution in [2.24, 2.45) is 17.1 Å². The second-order valence-electron chi connectivity index (χ2n) is 5.45. The van der Waals surface area contributed by atoms with Crippen molar-refractivity contribution in [3.8, 4) is 0 Å². The number of methoxy groups -OCH3 is 1. The monoisotopic (exact) mass is 213 g/mol. The standard InChI is InChI=1S/C12H23NO2/c1-12(2)7-6-9(8-12)10(13)4-5-11(14)15-3/h9-10H,4-8,13H2,1-3H3. The number of carbonyl (C=O) groups excluding carboxylic acids is 1. The molecule has 15 heavy (non-hydrogen) atoms. The van der Waals surface area contributed by atoms with Gasteiger partial charge in [-0.05, 0) is 37.0 Å². The number of hydrogen-bond acceptors (Lipinski definition) is 3. The molecule has 0 aromatic heterocycles. The third-order valence-electron chi connectivity index (χ3n) is 3.52. The number of rotatable bonds is 4. The van der Waals surface area contributed by atoms with Crippen molar-refractivity contribution in [3.63, 3.8) is 0 Å². The molecular formula is C12H23NO2. The SMILES string of the molecule is COC(=O)CCC(N)C1CCC(C)(C)C1. The minimum atomic E-state index is -0.150. The summed E-state index contributed by atoms with van der Waals surface area (Å²) in [6.45, 7) is 4.58. The van der Waals surface area contributed by atoms with Gasteiger partial charge in [-0.25, -0.2) is 0 Å². The van der Waals surface area contributed by atoms with Crippen LogP contribution in [0, 0.1) is 11.3 Å². The second kappa shape index (κ2) is 4.97. The maximum atomic E-state index is 11.0. The Morgan fingerprint density at radius 2 is 2.27 bits per heavy atom. The Bertz CT molecular complexity index is 226. The van der Waals surface area contributed by atoms with Crippen molar-refractivity contribution in [1.29, 1.82) is 0 Å². The van der Waals surface area contributed by atoms with Gasteiger partial charge < -0.3 is 10.5 Å². The average molecular weight is 213 g/mol. The van der Waals surface area contributed by atoms with Gasteiger partial charge in [-0.1, -0.05) is 13.8 Å². The topological polar surface area (TPSA) is 52.3 Å². The third-order valence-corrected chi connectivity index (χ3v) is 3.52. The summed E-state index contributed by atoms with van der Waals surface area (Å²) in [6, 6.07) is 0.158. The molecule has 0 bridgehead atoms. The van der Waals surface area contributed by atoms with Crippen LogP contribution in [-0.2, 0) is 9.53 Å². The molecule has 0 aromatic carbocycles. The van der Waals surface area contributed by atoms with E-state index in [4.69, 9.17) is 5.73 Å². The van der Waals surface area contributed by atoms with Crippen molar-refractivity contribution in [2.75, 3.05) is 7.11 Å². The molecule has 1 fully saturated rings. The van der Waals surface area contributed by atoms with Gasteiger partial charge in [0, 0.05) is 12.5 Å². The third kappa shape index (κ3) is 3.82. The lowest BCUT2D eigenvalue weighted by atomic mass is 9.87. The van der Waals surface area contributed by atoms with Gasteiger partial charge >= 0.3 is 5.97 Å². The van der Waals surface area contributed by atoms with Gasteiger partial charge in [0.15, 0.2) is 0 Å². The van der Waals surface area contributed by atoms with Crippen molar-refractivity contribution in [3.05, 3.63) is 0 Å². The Morgan fingerprint density at radius 3 is 2.73 bits per heavy atom. The van der Waals surface area contributed by atoms with Gasteiger partial charge in [-0.2, -0.15) is 0 Å². The lowest BCUT2D eigenvalue weighted by Crippen LogP contribution is -2.29. The van der Waals surface area contributed by atoms with E-state index in [0.29, 0.717) is 17.8 Å². The van der Waals surface area contributed by atoms with E-state index in [1.54, 1.807) is 0 Å². The normalized spacial score (nSPS) is 26.3. The van der Waals surface area contributed by atoms with Crippen LogP contribution >= 0.6 is 0 Å². The first kappa shape index (κ1) is 12.5. The van der Waals surface area contributed by atoms with Gasteiger partial charge in [0.05, 0.1) is 7.11 Å². The maximum Gasteiger partial charge on any atom is 0.305 e. The molecule has 1 aliphatic carbocycles. The van der Waals surface area contributed by atoms with Crippen molar-refractivity contribution >= 4 is 5.97 Å². The van der Waals surface area contributed by atoms with E-state index >= 15 is 0 Å². The van der Waals surface area contributed by atoms with Gasteiger partial charge in [0.1, 0.15) is 0 Å². The molecule has 0 saturated heterocycles. The van der Waals surface area contributed by atoms with Crippen LogP contribution < -0.4 is 5.73 Å². The molecule has 0 spiro atoms. The molecule has 1 saturated carbocycles. The van der Waals surface area contributed by atoms with Crippen LogP contribution in [0.5, 0.6) is 0 Å². The van der Waals surface area contributed by atoms with Crippen LogP contribution in [-0.4, -0.2) is 19.1 Å². The van der Waals surface area contributed by atoms with Crippen molar-refractivity contribution < 1.29 is 9.53 Å². The highest BCUT2D eigenvalue weighted by molar-refractivity contribution is 5.69. The summed E-state index contributed by atoms with van der Waals surface area (Å²) in [4.78, 5) is 11.0. The second-order valence-corrected chi connectivity index (χ2v) is 5.45. The van der Waals surface area contributed by atoms with Crippen LogP contribution in [0.25, 0.3) is 0 Å². The lowest BCUT2D eigenvalue weighted by Gasteiger charge is -2.21. The summed E-state index contributed by atoms with van der Waals surface area (Å²) >= 11 is 0. The van der Waals surface area contributed by atoms with Gasteiger partial charge in [0.2, 0.25) is 0 Å². The molecule has 2 N–H and O–H groups in total. The first-order valence-corrected chi connectivity index (χ1v) is 5.77. The van der Waals surface area contributed by atoms with Gasteiger partial charge in [0.25, 0.3) is 0 Å². The Kier molecular flexibility index (Phi) is 4.14. The fourth-order valence-electron chi connectivity index (χ4n) is 2.48. The Morgan fingerprint density at radius 1 is 1.60 bits per heavy atom. The summed E-state index contributed by atoms with van der Waals surface area (Å²) in [5, 5.41) is 0. The minimum absolute atomic E-state index is 0.150. The van der Waals surface area contributed by atoms with E-state index in [1.807, 2.05) is 0 Å². The molecule has 1 rings (SSSR count). The van der Waals surface area contributed by atoms with Crippen LogP contribution in [0.4, 0.5) is 0 Å². The number of nitrogens with two attached hydrogens (primary N) is 1. The largest absolute Gasteiger partial charge is 0.469 e. The summed E-state index contributed by atoms with van der Waals surface area (Å²) < 4.78 is 4.61. The molecule has 88 valence electrons. The number of ether oxygens (including phenoxy) is 1. The Hall–Kier alpha value is -0.570. The zero-order chi connectivity index (χ0) is 11.5. The van der Waals surface area contributed by atoms with E-state index in [9.17, 15) is 4.79 Å². The van der Waals surface area contributed by atoms with E-state index in [-0.39, 0.29) is 12.0 Å². The van der Waals surface area contributed by atoms with E-state index in [0.717, 1.165) is 6.42 Å². The summed E-state index contributed by atoms with van der Waals surface area (Å²) in [5.41, 5.74) is 6.53. The van der Waals surface area contributed by atoms with Gasteiger partial charge in [-0.15, -0.1) is 0 Å². The van der Waals surface area contributed by atoms with Crippen LogP contribution in [0.3, 0.4) is 0 Å². The average Bonchev–Trinajstić information content (AvgIpc) is 2.54. The molecule has 3 nitrogen and oxygen atoms in total. The van der Waals surface area contributed by atoms with E-state index < -0.39 is 0 Å². The highest BCUT2D eigenvalue weighted by Crippen LogP contribution is 2.42. The molecule has 0 aliphatic heterocycles. The van der Waals surface area contributed by atoms with E-state index in [2.05, 4.69) is 18.6 Å². The minimum Gasteiger partial charge on any atom is -0.469 e. The zero-order valence-corrected chi connectivity index (χ0v) is 10.1. The summed E-state index contributed by atoms with van der Waals surface area (Å²) in [7, 11) is 1.42. The number of carbonyl (C=O) groups is 1. The smallest absolute Gasteiger partial charge is 0.305 e. The molecule has 3 heteroatoms.